The van der Waals surface area contributed by atoms with Crippen molar-refractivity contribution in [3.05, 3.63) is 0 Å². The second kappa shape index (κ2) is 13.1. The van der Waals surface area contributed by atoms with Crippen molar-refractivity contribution in [3.8, 4) is 0 Å². The standard InChI is InChI=1S/C15H33N2O3.CH2O3/c1-6-15(4,5)14(19)20-12-13(18)11-17(7-2,8-3)10-9-16;2-1-4-3/h13,18H,6-12,16H2,1-5H3;1,3H/q+1;/p-1. The molecule has 0 aromatic heterocycles. The minimum atomic E-state index is -0.641. The number of carbonyl (C=O) groups excluding carboxylic acids is 2. The normalized spacial score (nSPS) is 12.7. The molecule has 24 heavy (non-hydrogen) atoms. The molecule has 0 fully saturated rings. The van der Waals surface area contributed by atoms with Gasteiger partial charge < -0.3 is 30.2 Å². The third kappa shape index (κ3) is 9.82. The van der Waals surface area contributed by atoms with Crippen LogP contribution in [-0.2, 0) is 19.2 Å². The van der Waals surface area contributed by atoms with Crippen LogP contribution in [0.2, 0.25) is 0 Å². The summed E-state index contributed by atoms with van der Waals surface area (Å²) in [5, 5.41) is 18.6. The van der Waals surface area contributed by atoms with E-state index in [1.165, 1.54) is 0 Å². The van der Waals surface area contributed by atoms with Crippen LogP contribution in [0.25, 0.3) is 0 Å². The van der Waals surface area contributed by atoms with Gasteiger partial charge in [-0.3, -0.25) is 9.59 Å². The summed E-state index contributed by atoms with van der Waals surface area (Å²) in [7, 11) is 0. The van der Waals surface area contributed by atoms with Crippen molar-refractivity contribution < 1.29 is 34.1 Å². The molecule has 3 N–H and O–H groups in total. The molecule has 0 heterocycles. The predicted octanol–water partition coefficient (Wildman–Crippen LogP) is -0.423. The molecule has 8 heteroatoms. The minimum absolute atomic E-state index is 0.0623. The highest BCUT2D eigenvalue weighted by Gasteiger charge is 2.30. The van der Waals surface area contributed by atoms with Crippen LogP contribution in [0.5, 0.6) is 0 Å². The Kier molecular flexibility index (Phi) is 13.7. The summed E-state index contributed by atoms with van der Waals surface area (Å²) in [5.41, 5.74) is 5.17. The number of nitrogens with zero attached hydrogens (tertiary/aromatic N) is 1. The van der Waals surface area contributed by atoms with Gasteiger partial charge in [0.2, 0.25) is 0 Å². The largest absolute Gasteiger partial charge is 0.662 e. The molecule has 0 bridgehead atoms. The molecule has 0 rings (SSSR count). The van der Waals surface area contributed by atoms with Gasteiger partial charge in [-0.1, -0.05) is 6.92 Å². The molecule has 0 aliphatic heterocycles. The average molecular weight is 350 g/mol. The molecule has 0 spiro atoms. The van der Waals surface area contributed by atoms with Gasteiger partial charge in [0.25, 0.3) is 6.47 Å². The first kappa shape index (κ1) is 25.0. The van der Waals surface area contributed by atoms with E-state index in [1.807, 2.05) is 20.8 Å². The highest BCUT2D eigenvalue weighted by atomic mass is 17.1. The topological polar surface area (TPSA) is 122 Å². The van der Waals surface area contributed by atoms with E-state index in [1.54, 1.807) is 0 Å². The second-order valence-electron chi connectivity index (χ2n) is 6.35. The molecule has 8 nitrogen and oxygen atoms in total. The average Bonchev–Trinajstić information content (AvgIpc) is 2.59. The highest BCUT2D eigenvalue weighted by Crippen LogP contribution is 2.21. The fraction of sp³-hybridized carbons (Fsp3) is 0.875. The molecule has 0 aliphatic carbocycles. The molecular formula is C16H34N2O6. The maximum Gasteiger partial charge on any atom is 0.311 e. The number of ether oxygens (including phenoxy) is 1. The van der Waals surface area contributed by atoms with Gasteiger partial charge in [0, 0.05) is 6.54 Å². The summed E-state index contributed by atoms with van der Waals surface area (Å²) in [5.74, 6) is -0.246. The van der Waals surface area contributed by atoms with Crippen LogP contribution in [0.15, 0.2) is 0 Å². The summed E-state index contributed by atoms with van der Waals surface area (Å²) >= 11 is 0. The quantitative estimate of drug-likeness (QED) is 0.170. The van der Waals surface area contributed by atoms with Crippen LogP contribution < -0.4 is 11.0 Å². The van der Waals surface area contributed by atoms with E-state index in [0.717, 1.165) is 30.5 Å². The fourth-order valence-electron chi connectivity index (χ4n) is 2.17. The number of aliphatic hydroxyl groups excluding tert-OH is 1. The van der Waals surface area contributed by atoms with Crippen molar-refractivity contribution in [2.24, 2.45) is 11.1 Å². The molecule has 1 atom stereocenters. The van der Waals surface area contributed by atoms with E-state index < -0.39 is 11.5 Å². The Labute approximate surface area is 145 Å². The monoisotopic (exact) mass is 350 g/mol. The van der Waals surface area contributed by atoms with E-state index in [2.05, 4.69) is 18.7 Å². The number of hydrogen-bond acceptors (Lipinski definition) is 7. The Hall–Kier alpha value is -1.22. The summed E-state index contributed by atoms with van der Waals surface area (Å²) in [4.78, 5) is 23.1. The van der Waals surface area contributed by atoms with Crippen LogP contribution in [0, 0.1) is 5.41 Å². The number of likely N-dealkylation sites (N-methyl/N-ethyl adjacent to an activating group) is 1. The van der Waals surface area contributed by atoms with Gasteiger partial charge in [-0.2, -0.15) is 0 Å². The van der Waals surface area contributed by atoms with Gasteiger partial charge in [-0.15, -0.1) is 0 Å². The lowest BCUT2D eigenvalue weighted by Gasteiger charge is -2.38. The van der Waals surface area contributed by atoms with Crippen LogP contribution in [0.1, 0.15) is 41.0 Å². The smallest absolute Gasteiger partial charge is 0.311 e. The van der Waals surface area contributed by atoms with Crippen LogP contribution in [0.3, 0.4) is 0 Å². The molecule has 0 radical (unpaired) electrons. The Balaban J connectivity index is 0. The number of quaternary nitrogens is 1. The SMILES string of the molecule is CCC(C)(C)C(=O)OCC(O)C[N+](CC)(CC)CCN.O=CO[O-]. The molecule has 0 aliphatic rings. The van der Waals surface area contributed by atoms with Gasteiger partial charge >= 0.3 is 5.97 Å². The highest BCUT2D eigenvalue weighted by molar-refractivity contribution is 5.75. The molecule has 0 saturated heterocycles. The van der Waals surface area contributed by atoms with Gasteiger partial charge in [0.1, 0.15) is 19.3 Å². The lowest BCUT2D eigenvalue weighted by molar-refractivity contribution is -0.926. The van der Waals surface area contributed by atoms with Gasteiger partial charge in [-0.05, 0) is 34.1 Å². The lowest BCUT2D eigenvalue weighted by Crippen LogP contribution is -2.55. The zero-order valence-corrected chi connectivity index (χ0v) is 15.6. The summed E-state index contributed by atoms with van der Waals surface area (Å²) in [6, 6.07) is 0. The third-order valence-corrected chi connectivity index (χ3v) is 4.43. The molecule has 144 valence electrons. The first-order valence-electron chi connectivity index (χ1n) is 8.31. The minimum Gasteiger partial charge on any atom is -0.662 e. The summed E-state index contributed by atoms with van der Waals surface area (Å²) in [6.07, 6.45) is 0.0806. The second-order valence-corrected chi connectivity index (χ2v) is 6.35. The van der Waals surface area contributed by atoms with E-state index in [4.69, 9.17) is 20.5 Å². The van der Waals surface area contributed by atoms with Crippen molar-refractivity contribution in [2.75, 3.05) is 39.3 Å². The number of hydrogen-bond donors (Lipinski definition) is 2. The summed E-state index contributed by atoms with van der Waals surface area (Å²) in [6.45, 7) is 13.6. The first-order chi connectivity index (χ1) is 11.2. The molecule has 0 aromatic rings. The number of nitrogens with two attached hydrogens (primary N) is 1. The van der Waals surface area contributed by atoms with Crippen LogP contribution in [0.4, 0.5) is 0 Å². The van der Waals surface area contributed by atoms with Gasteiger partial charge in [0.05, 0.1) is 25.0 Å². The predicted molar refractivity (Wildman–Crippen MR) is 88.3 cm³/mol. The van der Waals surface area contributed by atoms with Crippen molar-refractivity contribution in [3.63, 3.8) is 0 Å². The van der Waals surface area contributed by atoms with Crippen molar-refractivity contribution in [2.45, 2.75) is 47.1 Å². The first-order valence-corrected chi connectivity index (χ1v) is 8.31. The molecular weight excluding hydrogens is 316 g/mol. The van der Waals surface area contributed by atoms with Gasteiger partial charge in [0.15, 0.2) is 0 Å². The zero-order chi connectivity index (χ0) is 19.2. The van der Waals surface area contributed by atoms with Gasteiger partial charge in [-0.25, -0.2) is 0 Å². The molecule has 0 aromatic carbocycles. The Morgan fingerprint density at radius 3 is 2.17 bits per heavy atom. The number of esters is 1. The molecule has 0 amide bonds. The number of carbonyl (C=O) groups is 2. The summed E-state index contributed by atoms with van der Waals surface area (Å²) < 4.78 is 6.00. The fourth-order valence-corrected chi connectivity index (χ4v) is 2.17. The van der Waals surface area contributed by atoms with E-state index in [9.17, 15) is 9.90 Å². The third-order valence-electron chi connectivity index (χ3n) is 4.43. The molecule has 1 unspecified atom stereocenters. The van der Waals surface area contributed by atoms with Crippen molar-refractivity contribution >= 4 is 12.4 Å². The Morgan fingerprint density at radius 1 is 1.33 bits per heavy atom. The number of aliphatic hydroxyl groups is 1. The Morgan fingerprint density at radius 2 is 1.83 bits per heavy atom. The van der Waals surface area contributed by atoms with E-state index >= 15 is 0 Å². The number of rotatable bonds is 11. The van der Waals surface area contributed by atoms with E-state index in [0.29, 0.717) is 13.1 Å². The van der Waals surface area contributed by atoms with E-state index in [-0.39, 0.29) is 19.0 Å². The van der Waals surface area contributed by atoms with Crippen molar-refractivity contribution in [1.82, 2.24) is 0 Å². The maximum absolute atomic E-state index is 11.9. The maximum atomic E-state index is 11.9. The zero-order valence-electron chi connectivity index (χ0n) is 15.6. The van der Waals surface area contributed by atoms with Crippen molar-refractivity contribution in [1.29, 1.82) is 0 Å². The Bertz CT molecular complexity index is 345. The van der Waals surface area contributed by atoms with Crippen LogP contribution >= 0.6 is 0 Å². The lowest BCUT2D eigenvalue weighted by atomic mass is 9.91. The molecule has 0 saturated carbocycles. The van der Waals surface area contributed by atoms with Crippen LogP contribution in [-0.4, -0.2) is 67.5 Å².